The number of benzene rings is 2. The smallest absolute Gasteiger partial charge is 0.344 e. The highest BCUT2D eigenvalue weighted by molar-refractivity contribution is 5.94. The third kappa shape index (κ3) is 5.05. The monoisotopic (exact) mass is 359 g/mol. The zero-order chi connectivity index (χ0) is 19.1. The number of hydrogen-bond acceptors (Lipinski definition) is 4. The van der Waals surface area contributed by atoms with E-state index < -0.39 is 5.97 Å². The second kappa shape index (κ2) is 8.99. The second-order valence-electron chi connectivity index (χ2n) is 5.77. The van der Waals surface area contributed by atoms with Crippen LogP contribution in [0.25, 0.3) is 0 Å². The van der Waals surface area contributed by atoms with Crippen molar-refractivity contribution in [1.82, 2.24) is 4.90 Å². The van der Waals surface area contributed by atoms with Gasteiger partial charge < -0.3 is 14.4 Å². The summed E-state index contributed by atoms with van der Waals surface area (Å²) >= 11 is 0. The molecule has 0 aliphatic carbocycles. The molecule has 138 valence electrons. The minimum absolute atomic E-state index is 0.205. The summed E-state index contributed by atoms with van der Waals surface area (Å²) in [6.45, 7) is 3.65. The summed E-state index contributed by atoms with van der Waals surface area (Å²) < 4.78 is 23.2. The van der Waals surface area contributed by atoms with E-state index in [9.17, 15) is 14.0 Å². The number of halogens is 1. The van der Waals surface area contributed by atoms with Gasteiger partial charge in [0.1, 0.15) is 11.6 Å². The maximum Gasteiger partial charge on any atom is 0.344 e. The molecule has 1 atom stereocenters. The molecule has 0 radical (unpaired) electrons. The number of carbonyl (C=O) groups excluding carboxylic acids is 2. The topological polar surface area (TPSA) is 55.8 Å². The van der Waals surface area contributed by atoms with Crippen molar-refractivity contribution in [3.05, 3.63) is 65.5 Å². The van der Waals surface area contributed by atoms with Gasteiger partial charge in [-0.25, -0.2) is 9.18 Å². The van der Waals surface area contributed by atoms with Crippen LogP contribution in [0.15, 0.2) is 48.5 Å². The van der Waals surface area contributed by atoms with Crippen LogP contribution < -0.4 is 4.74 Å². The van der Waals surface area contributed by atoms with E-state index in [1.807, 2.05) is 6.92 Å². The summed E-state index contributed by atoms with van der Waals surface area (Å²) in [4.78, 5) is 25.7. The summed E-state index contributed by atoms with van der Waals surface area (Å²) in [5, 5.41) is 0. The number of rotatable bonds is 7. The molecule has 0 saturated carbocycles. The van der Waals surface area contributed by atoms with E-state index in [0.29, 0.717) is 11.3 Å². The zero-order valence-electron chi connectivity index (χ0n) is 15.1. The molecule has 26 heavy (non-hydrogen) atoms. The van der Waals surface area contributed by atoms with Crippen LogP contribution >= 0.6 is 0 Å². The summed E-state index contributed by atoms with van der Waals surface area (Å²) in [6.07, 6.45) is 0. The van der Waals surface area contributed by atoms with Gasteiger partial charge in [0.15, 0.2) is 6.61 Å². The molecule has 1 amide bonds. The van der Waals surface area contributed by atoms with Crippen molar-refractivity contribution in [1.29, 1.82) is 0 Å². The SMILES string of the molecule is CCOC(=O)COc1cccc(C(=O)N(C)C(C)c2ccc(F)cc2)c1. The van der Waals surface area contributed by atoms with Gasteiger partial charge in [0.25, 0.3) is 5.91 Å². The van der Waals surface area contributed by atoms with Crippen molar-refractivity contribution in [2.75, 3.05) is 20.3 Å². The number of hydrogen-bond donors (Lipinski definition) is 0. The van der Waals surface area contributed by atoms with Gasteiger partial charge in [-0.2, -0.15) is 0 Å². The van der Waals surface area contributed by atoms with E-state index in [0.717, 1.165) is 5.56 Å². The molecule has 2 aromatic rings. The van der Waals surface area contributed by atoms with Crippen LogP contribution in [-0.2, 0) is 9.53 Å². The van der Waals surface area contributed by atoms with E-state index >= 15 is 0 Å². The van der Waals surface area contributed by atoms with Gasteiger partial charge in [0.05, 0.1) is 12.6 Å². The Kier molecular flexibility index (Phi) is 6.72. The Labute approximate surface area is 152 Å². The molecule has 2 aromatic carbocycles. The summed E-state index contributed by atoms with van der Waals surface area (Å²) in [6, 6.07) is 12.4. The summed E-state index contributed by atoms with van der Waals surface area (Å²) in [7, 11) is 1.68. The molecule has 0 spiro atoms. The highest BCUT2D eigenvalue weighted by Gasteiger charge is 2.19. The fraction of sp³-hybridized carbons (Fsp3) is 0.300. The number of amides is 1. The Morgan fingerprint density at radius 1 is 1.15 bits per heavy atom. The van der Waals surface area contributed by atoms with Crippen molar-refractivity contribution >= 4 is 11.9 Å². The quantitative estimate of drug-likeness (QED) is 0.709. The van der Waals surface area contributed by atoms with E-state index in [1.54, 1.807) is 55.3 Å². The van der Waals surface area contributed by atoms with Gasteiger partial charge >= 0.3 is 5.97 Å². The van der Waals surface area contributed by atoms with Crippen LogP contribution in [0.2, 0.25) is 0 Å². The van der Waals surface area contributed by atoms with E-state index in [-0.39, 0.29) is 31.0 Å². The molecule has 0 bridgehead atoms. The molecule has 0 heterocycles. The Morgan fingerprint density at radius 2 is 1.85 bits per heavy atom. The van der Waals surface area contributed by atoms with Gasteiger partial charge in [0.2, 0.25) is 0 Å². The normalized spacial score (nSPS) is 11.5. The first-order valence-corrected chi connectivity index (χ1v) is 8.33. The summed E-state index contributed by atoms with van der Waals surface area (Å²) in [5.41, 5.74) is 1.26. The molecule has 5 nitrogen and oxygen atoms in total. The minimum Gasteiger partial charge on any atom is -0.482 e. The van der Waals surface area contributed by atoms with Crippen molar-refractivity contribution in [2.24, 2.45) is 0 Å². The van der Waals surface area contributed by atoms with E-state index in [1.165, 1.54) is 12.1 Å². The van der Waals surface area contributed by atoms with Crippen LogP contribution in [0.4, 0.5) is 4.39 Å². The minimum atomic E-state index is -0.466. The maximum atomic E-state index is 13.1. The Bertz CT molecular complexity index is 761. The molecule has 6 heteroatoms. The third-order valence-electron chi connectivity index (χ3n) is 4.00. The number of esters is 1. The molecule has 0 fully saturated rings. The van der Waals surface area contributed by atoms with Crippen LogP contribution in [0.3, 0.4) is 0 Å². The maximum absolute atomic E-state index is 13.1. The van der Waals surface area contributed by atoms with Crippen LogP contribution in [-0.4, -0.2) is 37.0 Å². The molecule has 0 aromatic heterocycles. The first kappa shape index (κ1) is 19.4. The number of nitrogens with zero attached hydrogens (tertiary/aromatic N) is 1. The fourth-order valence-corrected chi connectivity index (χ4v) is 2.41. The lowest BCUT2D eigenvalue weighted by molar-refractivity contribution is -0.145. The van der Waals surface area contributed by atoms with Gasteiger partial charge in [0, 0.05) is 12.6 Å². The standard InChI is InChI=1S/C20H22FNO4/c1-4-25-19(23)13-26-18-7-5-6-16(12-18)20(24)22(3)14(2)15-8-10-17(21)11-9-15/h5-12,14H,4,13H2,1-3H3. The van der Waals surface area contributed by atoms with Crippen molar-refractivity contribution in [2.45, 2.75) is 19.9 Å². The predicted octanol–water partition coefficient (Wildman–Crippen LogP) is 3.60. The average molecular weight is 359 g/mol. The predicted molar refractivity (Wildman–Crippen MR) is 95.5 cm³/mol. The van der Waals surface area contributed by atoms with Crippen LogP contribution in [0.1, 0.15) is 35.8 Å². The molecule has 0 aliphatic rings. The average Bonchev–Trinajstić information content (AvgIpc) is 2.65. The first-order valence-electron chi connectivity index (χ1n) is 8.33. The van der Waals surface area contributed by atoms with Crippen LogP contribution in [0.5, 0.6) is 5.75 Å². The Hall–Kier alpha value is -2.89. The summed E-state index contributed by atoms with van der Waals surface area (Å²) in [5.74, 6) is -0.581. The lowest BCUT2D eigenvalue weighted by atomic mass is 10.1. The Balaban J connectivity index is 2.07. The lowest BCUT2D eigenvalue weighted by Gasteiger charge is -2.25. The number of ether oxygens (including phenoxy) is 2. The fourth-order valence-electron chi connectivity index (χ4n) is 2.41. The molecule has 0 saturated heterocycles. The van der Waals surface area contributed by atoms with E-state index in [4.69, 9.17) is 9.47 Å². The zero-order valence-corrected chi connectivity index (χ0v) is 15.1. The molecular weight excluding hydrogens is 337 g/mol. The van der Waals surface area contributed by atoms with Crippen molar-refractivity contribution < 1.29 is 23.5 Å². The van der Waals surface area contributed by atoms with Crippen molar-refractivity contribution in [3.8, 4) is 5.75 Å². The first-order chi connectivity index (χ1) is 12.4. The van der Waals surface area contributed by atoms with Gasteiger partial charge in [-0.1, -0.05) is 18.2 Å². The lowest BCUT2D eigenvalue weighted by Crippen LogP contribution is -2.29. The number of carbonyl (C=O) groups is 2. The van der Waals surface area contributed by atoms with Gasteiger partial charge in [-0.05, 0) is 49.7 Å². The van der Waals surface area contributed by atoms with Crippen LogP contribution in [0, 0.1) is 5.82 Å². The molecule has 1 unspecified atom stereocenters. The van der Waals surface area contributed by atoms with Gasteiger partial charge in [-0.3, -0.25) is 4.79 Å². The molecule has 0 aliphatic heterocycles. The largest absolute Gasteiger partial charge is 0.482 e. The van der Waals surface area contributed by atoms with Crippen molar-refractivity contribution in [3.63, 3.8) is 0 Å². The molecule has 2 rings (SSSR count). The van der Waals surface area contributed by atoms with E-state index in [2.05, 4.69) is 0 Å². The Morgan fingerprint density at radius 3 is 2.50 bits per heavy atom. The highest BCUT2D eigenvalue weighted by Crippen LogP contribution is 2.22. The van der Waals surface area contributed by atoms with Gasteiger partial charge in [-0.15, -0.1) is 0 Å². The molecule has 0 N–H and O–H groups in total. The molecular formula is C20H22FNO4. The third-order valence-corrected chi connectivity index (χ3v) is 4.00. The highest BCUT2D eigenvalue weighted by atomic mass is 19.1. The second-order valence-corrected chi connectivity index (χ2v) is 5.77.